The van der Waals surface area contributed by atoms with Crippen LogP contribution in [-0.4, -0.2) is 26.5 Å². The lowest BCUT2D eigenvalue weighted by Gasteiger charge is -2.07. The summed E-state index contributed by atoms with van der Waals surface area (Å²) >= 11 is 0. The van der Waals surface area contributed by atoms with Gasteiger partial charge in [-0.1, -0.05) is 13.0 Å². The summed E-state index contributed by atoms with van der Waals surface area (Å²) < 4.78 is 40.8. The van der Waals surface area contributed by atoms with Gasteiger partial charge in [-0.25, -0.2) is 12.8 Å². The third-order valence-corrected chi connectivity index (χ3v) is 4.02. The summed E-state index contributed by atoms with van der Waals surface area (Å²) in [4.78, 5) is 0. The van der Waals surface area contributed by atoms with Crippen LogP contribution in [0, 0.1) is 5.82 Å². The van der Waals surface area contributed by atoms with Crippen molar-refractivity contribution in [2.24, 2.45) is 5.73 Å². The van der Waals surface area contributed by atoms with E-state index in [1.165, 1.54) is 12.1 Å². The van der Waals surface area contributed by atoms with Crippen LogP contribution < -0.4 is 10.5 Å². The van der Waals surface area contributed by atoms with Crippen molar-refractivity contribution in [1.29, 1.82) is 0 Å². The second-order valence-electron chi connectivity index (χ2n) is 3.54. The van der Waals surface area contributed by atoms with Gasteiger partial charge in [0.25, 0.3) is 0 Å². The van der Waals surface area contributed by atoms with Crippen molar-refractivity contribution in [3.8, 4) is 5.75 Å². The first-order chi connectivity index (χ1) is 7.98. The van der Waals surface area contributed by atoms with Gasteiger partial charge in [0.1, 0.15) is 18.2 Å². The van der Waals surface area contributed by atoms with E-state index < -0.39 is 15.7 Å². The topological polar surface area (TPSA) is 69.4 Å². The van der Waals surface area contributed by atoms with Crippen molar-refractivity contribution >= 4 is 9.84 Å². The van der Waals surface area contributed by atoms with Gasteiger partial charge in [-0.15, -0.1) is 0 Å². The average molecular weight is 261 g/mol. The van der Waals surface area contributed by atoms with Crippen LogP contribution in [0.5, 0.6) is 5.75 Å². The van der Waals surface area contributed by atoms with Crippen LogP contribution in [0.2, 0.25) is 0 Å². The van der Waals surface area contributed by atoms with Crippen molar-refractivity contribution in [2.75, 3.05) is 18.1 Å². The molecule has 0 aromatic heterocycles. The molecule has 2 N–H and O–H groups in total. The number of hydrogen-bond acceptors (Lipinski definition) is 4. The van der Waals surface area contributed by atoms with Gasteiger partial charge in [0.15, 0.2) is 9.84 Å². The molecule has 0 amide bonds. The van der Waals surface area contributed by atoms with Crippen molar-refractivity contribution in [2.45, 2.75) is 13.5 Å². The lowest BCUT2D eigenvalue weighted by Crippen LogP contribution is -2.15. The van der Waals surface area contributed by atoms with E-state index in [1.54, 1.807) is 13.0 Å². The lowest BCUT2D eigenvalue weighted by molar-refractivity contribution is 0.338. The number of rotatable bonds is 6. The highest BCUT2D eigenvalue weighted by Gasteiger charge is 2.08. The van der Waals surface area contributed by atoms with Crippen LogP contribution in [0.4, 0.5) is 4.39 Å². The lowest BCUT2D eigenvalue weighted by atomic mass is 10.2. The smallest absolute Gasteiger partial charge is 0.153 e. The van der Waals surface area contributed by atoms with Crippen LogP contribution in [0.25, 0.3) is 0 Å². The highest BCUT2D eigenvalue weighted by Crippen LogP contribution is 2.16. The van der Waals surface area contributed by atoms with Crippen molar-refractivity contribution in [3.63, 3.8) is 0 Å². The molecule has 0 fully saturated rings. The maximum atomic E-state index is 13.3. The van der Waals surface area contributed by atoms with E-state index in [0.29, 0.717) is 11.3 Å². The third kappa shape index (κ3) is 4.32. The highest BCUT2D eigenvalue weighted by molar-refractivity contribution is 7.91. The Bertz CT molecular complexity index is 474. The Labute approximate surface area is 101 Å². The molecule has 0 bridgehead atoms. The number of halogens is 1. The Morgan fingerprint density at radius 2 is 2.12 bits per heavy atom. The molecule has 0 saturated heterocycles. The van der Waals surface area contributed by atoms with E-state index in [4.69, 9.17) is 10.5 Å². The summed E-state index contributed by atoms with van der Waals surface area (Å²) in [5.74, 6) is -0.116. The summed E-state index contributed by atoms with van der Waals surface area (Å²) in [5.41, 5.74) is 5.72. The van der Waals surface area contributed by atoms with E-state index in [0.717, 1.165) is 0 Å². The second kappa shape index (κ2) is 5.97. The molecule has 0 saturated carbocycles. The zero-order valence-corrected chi connectivity index (χ0v) is 10.5. The van der Waals surface area contributed by atoms with Gasteiger partial charge < -0.3 is 10.5 Å². The molecule has 0 atom stereocenters. The molecule has 1 aromatic carbocycles. The monoisotopic (exact) mass is 261 g/mol. The molecule has 0 aliphatic rings. The Balaban J connectivity index is 2.56. The first kappa shape index (κ1) is 13.9. The van der Waals surface area contributed by atoms with Crippen LogP contribution >= 0.6 is 0 Å². The molecule has 0 aliphatic heterocycles. The fourth-order valence-corrected chi connectivity index (χ4v) is 1.84. The SMILES string of the molecule is CCS(=O)(=O)CCOc1ccc(CN)c(F)c1. The van der Waals surface area contributed by atoms with E-state index in [9.17, 15) is 12.8 Å². The predicted octanol–water partition coefficient (Wildman–Crippen LogP) is 1.10. The minimum absolute atomic E-state index is 0.0254. The van der Waals surface area contributed by atoms with Gasteiger partial charge in [0.2, 0.25) is 0 Å². The van der Waals surface area contributed by atoms with Crippen LogP contribution in [0.1, 0.15) is 12.5 Å². The molecule has 96 valence electrons. The quantitative estimate of drug-likeness (QED) is 0.832. The Morgan fingerprint density at radius 1 is 1.41 bits per heavy atom. The fourth-order valence-electron chi connectivity index (χ4n) is 1.21. The van der Waals surface area contributed by atoms with Gasteiger partial charge >= 0.3 is 0 Å². The Morgan fingerprint density at radius 3 is 2.65 bits per heavy atom. The molecule has 1 aromatic rings. The molecule has 17 heavy (non-hydrogen) atoms. The minimum atomic E-state index is -3.05. The molecule has 0 unspecified atom stereocenters. The molecule has 0 heterocycles. The summed E-state index contributed by atoms with van der Waals surface area (Å²) in [5, 5.41) is 0. The first-order valence-electron chi connectivity index (χ1n) is 5.30. The molecular formula is C11H16FNO3S. The third-order valence-electron chi connectivity index (χ3n) is 2.35. The molecule has 0 radical (unpaired) electrons. The standard InChI is InChI=1S/C11H16FNO3S/c1-2-17(14,15)6-5-16-10-4-3-9(8-13)11(12)7-10/h3-4,7H,2,5-6,8,13H2,1H3. The predicted molar refractivity (Wildman–Crippen MR) is 64.1 cm³/mol. The number of nitrogens with two attached hydrogens (primary N) is 1. The van der Waals surface area contributed by atoms with Crippen LogP contribution in [0.3, 0.4) is 0 Å². The molecule has 1 rings (SSSR count). The van der Waals surface area contributed by atoms with E-state index in [1.807, 2.05) is 0 Å². The van der Waals surface area contributed by atoms with E-state index in [2.05, 4.69) is 0 Å². The zero-order chi connectivity index (χ0) is 12.9. The fraction of sp³-hybridized carbons (Fsp3) is 0.455. The van der Waals surface area contributed by atoms with Crippen LogP contribution in [0.15, 0.2) is 18.2 Å². The molecule has 0 aliphatic carbocycles. The second-order valence-corrected chi connectivity index (χ2v) is 6.01. The van der Waals surface area contributed by atoms with Gasteiger partial charge in [-0.3, -0.25) is 0 Å². The zero-order valence-electron chi connectivity index (χ0n) is 9.65. The summed E-state index contributed by atoms with van der Waals surface area (Å²) in [7, 11) is -3.05. The Kier molecular flexibility index (Phi) is 4.89. The van der Waals surface area contributed by atoms with Gasteiger partial charge in [0.05, 0.1) is 5.75 Å². The Hall–Kier alpha value is -1.14. The minimum Gasteiger partial charge on any atom is -0.492 e. The van der Waals surface area contributed by atoms with E-state index >= 15 is 0 Å². The average Bonchev–Trinajstić information content (AvgIpc) is 2.29. The van der Waals surface area contributed by atoms with Gasteiger partial charge in [-0.05, 0) is 6.07 Å². The van der Waals surface area contributed by atoms with Gasteiger partial charge in [0, 0.05) is 23.9 Å². The normalized spacial score (nSPS) is 11.5. The maximum Gasteiger partial charge on any atom is 0.153 e. The number of benzene rings is 1. The van der Waals surface area contributed by atoms with Crippen molar-refractivity contribution in [1.82, 2.24) is 0 Å². The van der Waals surface area contributed by atoms with Gasteiger partial charge in [-0.2, -0.15) is 0 Å². The van der Waals surface area contributed by atoms with Crippen LogP contribution in [-0.2, 0) is 16.4 Å². The summed E-state index contributed by atoms with van der Waals surface area (Å²) in [6.45, 7) is 1.72. The molecule has 0 spiro atoms. The maximum absolute atomic E-state index is 13.3. The number of hydrogen-bond donors (Lipinski definition) is 1. The van der Waals surface area contributed by atoms with E-state index in [-0.39, 0.29) is 24.7 Å². The number of sulfone groups is 1. The van der Waals surface area contributed by atoms with Crippen molar-refractivity contribution < 1.29 is 17.5 Å². The largest absolute Gasteiger partial charge is 0.492 e. The summed E-state index contributed by atoms with van der Waals surface area (Å²) in [6, 6.07) is 4.31. The molecule has 4 nitrogen and oxygen atoms in total. The highest BCUT2D eigenvalue weighted by atomic mass is 32.2. The first-order valence-corrected chi connectivity index (χ1v) is 7.12. The van der Waals surface area contributed by atoms with Crippen molar-refractivity contribution in [3.05, 3.63) is 29.6 Å². The molecular weight excluding hydrogens is 245 g/mol. The molecule has 6 heteroatoms. The summed E-state index contributed by atoms with van der Waals surface area (Å²) in [6.07, 6.45) is 0. The number of ether oxygens (including phenoxy) is 1.